The molecule has 3 heterocycles. The smallest absolute Gasteiger partial charge is 0.353 e. The topological polar surface area (TPSA) is 133 Å². The number of fused-ring (bicyclic) bond motifs is 1. The Kier molecular flexibility index (Phi) is 4.11. The third kappa shape index (κ3) is 2.62. The minimum atomic E-state index is -1.13. The summed E-state index contributed by atoms with van der Waals surface area (Å²) in [6.07, 6.45) is 0.177. The van der Waals surface area contributed by atoms with Crippen LogP contribution in [0.25, 0.3) is 0 Å². The first-order valence-electron chi connectivity index (χ1n) is 7.48. The maximum atomic E-state index is 12.1. The van der Waals surface area contributed by atoms with Crippen molar-refractivity contribution in [1.29, 1.82) is 0 Å². The van der Waals surface area contributed by atoms with Crippen LogP contribution in [0.1, 0.15) is 19.8 Å². The number of aliphatic hydroxyl groups is 1. The van der Waals surface area contributed by atoms with Gasteiger partial charge in [0.05, 0.1) is 24.1 Å². The normalized spacial score (nSPS) is 34.3. The van der Waals surface area contributed by atoms with Gasteiger partial charge in [-0.15, -0.1) is 11.8 Å². The van der Waals surface area contributed by atoms with Gasteiger partial charge in [0.15, 0.2) is 0 Å². The van der Waals surface area contributed by atoms with Crippen molar-refractivity contribution in [2.45, 2.75) is 43.2 Å². The molecule has 2 fully saturated rings. The summed E-state index contributed by atoms with van der Waals surface area (Å²) in [7, 11) is 0. The molecule has 3 aliphatic heterocycles. The molecule has 5 atom stereocenters. The molecule has 0 saturated carbocycles. The quantitative estimate of drug-likeness (QED) is 0.464. The van der Waals surface area contributed by atoms with E-state index in [2.05, 4.69) is 5.32 Å². The Bertz CT molecular complexity index is 605. The maximum Gasteiger partial charge on any atom is 0.353 e. The van der Waals surface area contributed by atoms with Gasteiger partial charge in [-0.05, 0) is 13.3 Å². The highest BCUT2D eigenvalue weighted by molar-refractivity contribution is 8.03. The predicted octanol–water partition coefficient (Wildman–Crippen LogP) is -1.16. The Morgan fingerprint density at radius 2 is 2.17 bits per heavy atom. The van der Waals surface area contributed by atoms with Gasteiger partial charge >= 0.3 is 5.97 Å². The Morgan fingerprint density at radius 1 is 1.48 bits per heavy atom. The average molecular weight is 341 g/mol. The van der Waals surface area contributed by atoms with Gasteiger partial charge in [-0.3, -0.25) is 9.59 Å². The van der Waals surface area contributed by atoms with Crippen LogP contribution in [0.3, 0.4) is 0 Å². The molecule has 2 amide bonds. The number of hydrogen-bond donors (Lipinski definition) is 4. The second-order valence-corrected chi connectivity index (χ2v) is 7.56. The van der Waals surface area contributed by atoms with E-state index in [-0.39, 0.29) is 22.9 Å². The molecule has 0 aromatic rings. The summed E-state index contributed by atoms with van der Waals surface area (Å²) in [5.74, 6) is -2.43. The van der Waals surface area contributed by atoms with Gasteiger partial charge in [-0.25, -0.2) is 4.79 Å². The molecule has 8 nitrogen and oxygen atoms in total. The number of carboxylic acid groups (broad SMARTS) is 1. The van der Waals surface area contributed by atoms with Crippen LogP contribution >= 0.6 is 11.8 Å². The molecule has 0 spiro atoms. The number of rotatable bonds is 5. The summed E-state index contributed by atoms with van der Waals surface area (Å²) < 4.78 is 0. The van der Waals surface area contributed by atoms with Crippen LogP contribution in [0.15, 0.2) is 10.6 Å². The molecule has 0 aromatic heterocycles. The zero-order chi connectivity index (χ0) is 16.9. The van der Waals surface area contributed by atoms with Crippen molar-refractivity contribution in [3.63, 3.8) is 0 Å². The van der Waals surface area contributed by atoms with Gasteiger partial charge in [-0.2, -0.15) is 0 Å². The van der Waals surface area contributed by atoms with Gasteiger partial charge < -0.3 is 26.2 Å². The molecule has 4 unspecified atom stereocenters. The second kappa shape index (κ2) is 5.81. The predicted molar refractivity (Wildman–Crippen MR) is 82.1 cm³/mol. The lowest BCUT2D eigenvalue weighted by atomic mass is 9.83. The summed E-state index contributed by atoms with van der Waals surface area (Å²) >= 11 is 1.39. The molecule has 126 valence electrons. The fourth-order valence-electron chi connectivity index (χ4n) is 3.55. The largest absolute Gasteiger partial charge is 0.477 e. The molecular weight excluding hydrogens is 322 g/mol. The highest BCUT2D eigenvalue weighted by Crippen LogP contribution is 2.48. The van der Waals surface area contributed by atoms with E-state index in [1.165, 1.54) is 16.7 Å². The minimum absolute atomic E-state index is 0.0180. The molecule has 0 aliphatic carbocycles. The molecule has 0 bridgehead atoms. The number of aliphatic carboxylic acids is 1. The molecule has 0 aromatic carbocycles. The molecule has 0 radical (unpaired) electrons. The highest BCUT2D eigenvalue weighted by atomic mass is 32.2. The lowest BCUT2D eigenvalue weighted by Gasteiger charge is -2.44. The number of carboxylic acids is 1. The number of carbonyl (C=O) groups is 3. The monoisotopic (exact) mass is 341 g/mol. The van der Waals surface area contributed by atoms with Crippen molar-refractivity contribution in [2.75, 3.05) is 6.54 Å². The van der Waals surface area contributed by atoms with E-state index in [1.807, 2.05) is 0 Å². The SMILES string of the molecule is CC(O)C1C(=O)N2C(C(=O)O)=C(SC3CNC(C(N)=O)C3)C[C@H]12. The molecule has 23 heavy (non-hydrogen) atoms. The minimum Gasteiger partial charge on any atom is -0.477 e. The third-order valence-corrected chi connectivity index (χ3v) is 5.97. The van der Waals surface area contributed by atoms with E-state index < -0.39 is 29.9 Å². The number of nitrogens with zero attached hydrogens (tertiary/aromatic N) is 1. The number of amides is 2. The number of nitrogens with one attached hydrogen (secondary N) is 1. The third-order valence-electron chi connectivity index (χ3n) is 4.63. The molecule has 2 saturated heterocycles. The average Bonchev–Trinajstić information content (AvgIpc) is 3.02. The zero-order valence-corrected chi connectivity index (χ0v) is 13.4. The van der Waals surface area contributed by atoms with Crippen LogP contribution < -0.4 is 11.1 Å². The summed E-state index contributed by atoms with van der Waals surface area (Å²) in [5.41, 5.74) is 5.29. The van der Waals surface area contributed by atoms with Crippen LogP contribution in [0.2, 0.25) is 0 Å². The van der Waals surface area contributed by atoms with Gasteiger partial charge in [0, 0.05) is 23.1 Å². The van der Waals surface area contributed by atoms with Crippen molar-refractivity contribution in [3.8, 4) is 0 Å². The van der Waals surface area contributed by atoms with Crippen molar-refractivity contribution in [3.05, 3.63) is 10.6 Å². The maximum absolute atomic E-state index is 12.1. The number of β-lactam (4-membered cyclic amide) rings is 1. The van der Waals surface area contributed by atoms with Gasteiger partial charge in [0.1, 0.15) is 5.70 Å². The number of nitrogens with two attached hydrogens (primary N) is 1. The lowest BCUT2D eigenvalue weighted by molar-refractivity contribution is -0.161. The number of carbonyl (C=O) groups excluding carboxylic acids is 2. The highest BCUT2D eigenvalue weighted by Gasteiger charge is 2.57. The van der Waals surface area contributed by atoms with Gasteiger partial charge in [-0.1, -0.05) is 0 Å². The number of thioether (sulfide) groups is 1. The van der Waals surface area contributed by atoms with Crippen LogP contribution in [0, 0.1) is 5.92 Å². The summed E-state index contributed by atoms with van der Waals surface area (Å²) in [4.78, 5) is 36.8. The fraction of sp³-hybridized carbons (Fsp3) is 0.643. The molecule has 9 heteroatoms. The van der Waals surface area contributed by atoms with Gasteiger partial charge in [0.2, 0.25) is 11.8 Å². The fourth-order valence-corrected chi connectivity index (χ4v) is 4.98. The summed E-state index contributed by atoms with van der Waals surface area (Å²) in [5, 5.41) is 22.2. The first-order valence-corrected chi connectivity index (χ1v) is 8.36. The van der Waals surface area contributed by atoms with Crippen molar-refractivity contribution < 1.29 is 24.6 Å². The standard InChI is InChI=1S/C14H19N3O5S/c1-5(18)10-8-3-9(11(14(21)22)17(8)13(10)20)23-6-2-7(12(15)19)16-4-6/h5-8,10,16,18H,2-4H2,1H3,(H2,15,19)(H,21,22)/t5?,6?,7?,8-,10?/m1/s1. The van der Waals surface area contributed by atoms with Crippen molar-refractivity contribution >= 4 is 29.5 Å². The van der Waals surface area contributed by atoms with E-state index in [0.717, 1.165) is 0 Å². The molecular formula is C14H19N3O5S. The van der Waals surface area contributed by atoms with E-state index in [9.17, 15) is 24.6 Å². The van der Waals surface area contributed by atoms with Crippen LogP contribution in [0.5, 0.6) is 0 Å². The zero-order valence-electron chi connectivity index (χ0n) is 12.6. The Labute approximate surface area is 137 Å². The second-order valence-electron chi connectivity index (χ2n) is 6.16. The number of aliphatic hydroxyl groups excluding tert-OH is 1. The van der Waals surface area contributed by atoms with Crippen LogP contribution in [-0.4, -0.2) is 62.9 Å². The van der Waals surface area contributed by atoms with Crippen LogP contribution in [-0.2, 0) is 14.4 Å². The van der Waals surface area contributed by atoms with Crippen molar-refractivity contribution in [2.24, 2.45) is 11.7 Å². The van der Waals surface area contributed by atoms with Crippen LogP contribution in [0.4, 0.5) is 0 Å². The first-order chi connectivity index (χ1) is 10.8. The van der Waals surface area contributed by atoms with E-state index in [1.54, 1.807) is 6.92 Å². The number of primary amides is 1. The van der Waals surface area contributed by atoms with Gasteiger partial charge in [0.25, 0.3) is 0 Å². The Hall–Kier alpha value is -1.58. The van der Waals surface area contributed by atoms with E-state index in [4.69, 9.17) is 5.73 Å². The van der Waals surface area contributed by atoms with E-state index >= 15 is 0 Å². The molecule has 3 rings (SSSR count). The lowest BCUT2D eigenvalue weighted by Crippen LogP contribution is -2.61. The number of hydrogen-bond acceptors (Lipinski definition) is 6. The van der Waals surface area contributed by atoms with E-state index in [0.29, 0.717) is 24.3 Å². The van der Waals surface area contributed by atoms with Crippen molar-refractivity contribution in [1.82, 2.24) is 10.2 Å². The Balaban J connectivity index is 1.75. The molecule has 3 aliphatic rings. The summed E-state index contributed by atoms with van der Waals surface area (Å²) in [6, 6.07) is -0.677. The first kappa shape index (κ1) is 16.3. The Morgan fingerprint density at radius 3 is 2.70 bits per heavy atom. The molecule has 5 N–H and O–H groups in total. The summed E-state index contributed by atoms with van der Waals surface area (Å²) in [6.45, 7) is 2.11.